The SMILES string of the molecule is O=C1NC[C@H]2CN(Cc3nccs3)CCN12. The molecule has 86 valence electrons. The van der Waals surface area contributed by atoms with Gasteiger partial charge in [-0.05, 0) is 0 Å². The lowest BCUT2D eigenvalue weighted by molar-refractivity contribution is 0.116. The highest BCUT2D eigenvalue weighted by atomic mass is 32.1. The van der Waals surface area contributed by atoms with Crippen molar-refractivity contribution in [3.8, 4) is 0 Å². The molecular formula is C10H14N4OS. The van der Waals surface area contributed by atoms with E-state index in [1.54, 1.807) is 11.3 Å². The molecule has 0 bridgehead atoms. The topological polar surface area (TPSA) is 48.5 Å². The summed E-state index contributed by atoms with van der Waals surface area (Å²) < 4.78 is 0. The van der Waals surface area contributed by atoms with Gasteiger partial charge >= 0.3 is 6.03 Å². The van der Waals surface area contributed by atoms with Crippen molar-refractivity contribution in [1.29, 1.82) is 0 Å². The third-order valence-corrected chi connectivity index (χ3v) is 3.92. The van der Waals surface area contributed by atoms with Crippen LogP contribution in [0.25, 0.3) is 0 Å². The van der Waals surface area contributed by atoms with E-state index >= 15 is 0 Å². The van der Waals surface area contributed by atoms with Crippen molar-refractivity contribution in [2.24, 2.45) is 0 Å². The minimum absolute atomic E-state index is 0.0962. The Hall–Kier alpha value is -1.14. The predicted octanol–water partition coefficient (Wildman–Crippen LogP) is 0.352. The zero-order valence-corrected chi connectivity index (χ0v) is 9.74. The van der Waals surface area contributed by atoms with Gasteiger partial charge in [-0.25, -0.2) is 9.78 Å². The minimum Gasteiger partial charge on any atom is -0.336 e. The monoisotopic (exact) mass is 238 g/mol. The number of piperazine rings is 1. The van der Waals surface area contributed by atoms with Crippen LogP contribution in [-0.4, -0.2) is 53.0 Å². The van der Waals surface area contributed by atoms with E-state index in [4.69, 9.17) is 0 Å². The summed E-state index contributed by atoms with van der Waals surface area (Å²) >= 11 is 1.69. The molecule has 2 saturated heterocycles. The maximum atomic E-state index is 11.4. The van der Waals surface area contributed by atoms with Gasteiger partial charge in [-0.3, -0.25) is 4.90 Å². The molecule has 16 heavy (non-hydrogen) atoms. The molecule has 1 atom stereocenters. The Kier molecular flexibility index (Phi) is 2.53. The van der Waals surface area contributed by atoms with Gasteiger partial charge in [0.2, 0.25) is 0 Å². The van der Waals surface area contributed by atoms with E-state index in [9.17, 15) is 4.79 Å². The van der Waals surface area contributed by atoms with Crippen LogP contribution < -0.4 is 5.32 Å². The van der Waals surface area contributed by atoms with Crippen LogP contribution in [0.2, 0.25) is 0 Å². The minimum atomic E-state index is 0.0962. The van der Waals surface area contributed by atoms with E-state index in [0.717, 1.165) is 37.7 Å². The van der Waals surface area contributed by atoms with Crippen LogP contribution in [0.1, 0.15) is 5.01 Å². The summed E-state index contributed by atoms with van der Waals surface area (Å²) in [6.07, 6.45) is 1.84. The largest absolute Gasteiger partial charge is 0.336 e. The fourth-order valence-corrected chi connectivity index (χ4v) is 2.99. The summed E-state index contributed by atoms with van der Waals surface area (Å²) in [7, 11) is 0. The van der Waals surface area contributed by atoms with Crippen LogP contribution in [0.3, 0.4) is 0 Å². The van der Waals surface area contributed by atoms with Crippen molar-refractivity contribution in [2.45, 2.75) is 12.6 Å². The molecule has 0 spiro atoms. The Morgan fingerprint density at radius 1 is 1.56 bits per heavy atom. The van der Waals surface area contributed by atoms with Crippen LogP contribution in [-0.2, 0) is 6.54 Å². The van der Waals surface area contributed by atoms with Crippen molar-refractivity contribution in [3.05, 3.63) is 16.6 Å². The highest BCUT2D eigenvalue weighted by molar-refractivity contribution is 7.09. The number of aromatic nitrogens is 1. The molecule has 0 unspecified atom stereocenters. The van der Waals surface area contributed by atoms with Crippen molar-refractivity contribution in [1.82, 2.24) is 20.1 Å². The van der Waals surface area contributed by atoms with Crippen LogP contribution in [0.5, 0.6) is 0 Å². The molecule has 3 heterocycles. The van der Waals surface area contributed by atoms with E-state index in [1.165, 1.54) is 0 Å². The number of nitrogens with one attached hydrogen (secondary N) is 1. The Morgan fingerprint density at radius 3 is 3.31 bits per heavy atom. The number of carbonyl (C=O) groups is 1. The number of rotatable bonds is 2. The third kappa shape index (κ3) is 1.78. The normalized spacial score (nSPS) is 25.6. The molecule has 2 amide bonds. The number of thiazole rings is 1. The Balaban J connectivity index is 1.62. The highest BCUT2D eigenvalue weighted by Gasteiger charge is 2.35. The Morgan fingerprint density at radius 2 is 2.50 bits per heavy atom. The number of nitrogens with zero attached hydrogens (tertiary/aromatic N) is 3. The average molecular weight is 238 g/mol. The lowest BCUT2D eigenvalue weighted by Gasteiger charge is -2.35. The molecule has 2 aliphatic heterocycles. The smallest absolute Gasteiger partial charge is 0.317 e. The second kappa shape index (κ2) is 4.03. The fraction of sp³-hybridized carbons (Fsp3) is 0.600. The van der Waals surface area contributed by atoms with Gasteiger partial charge in [0.25, 0.3) is 0 Å². The molecule has 0 radical (unpaired) electrons. The standard InChI is InChI=1S/C10H14N4OS/c15-10-12-5-8-6-13(2-3-14(8)10)7-9-11-1-4-16-9/h1,4,8H,2-3,5-7H2,(H,12,15)/t8-/m0/s1. The van der Waals surface area contributed by atoms with Crippen molar-refractivity contribution in [2.75, 3.05) is 26.2 Å². The van der Waals surface area contributed by atoms with Crippen molar-refractivity contribution >= 4 is 17.4 Å². The maximum absolute atomic E-state index is 11.4. The predicted molar refractivity (Wildman–Crippen MR) is 61.3 cm³/mol. The molecular weight excluding hydrogens is 224 g/mol. The fourth-order valence-electron chi connectivity index (χ4n) is 2.33. The second-order valence-electron chi connectivity index (χ2n) is 4.19. The Labute approximate surface area is 98.1 Å². The first-order chi connectivity index (χ1) is 7.83. The summed E-state index contributed by atoms with van der Waals surface area (Å²) in [4.78, 5) is 20.0. The van der Waals surface area contributed by atoms with Crippen LogP contribution in [0.15, 0.2) is 11.6 Å². The van der Waals surface area contributed by atoms with E-state index in [0.29, 0.717) is 6.04 Å². The molecule has 0 aliphatic carbocycles. The van der Waals surface area contributed by atoms with Gasteiger partial charge in [0.1, 0.15) is 5.01 Å². The van der Waals surface area contributed by atoms with Gasteiger partial charge < -0.3 is 10.2 Å². The molecule has 5 nitrogen and oxygen atoms in total. The summed E-state index contributed by atoms with van der Waals surface area (Å²) in [6.45, 7) is 4.44. The molecule has 2 aliphatic rings. The van der Waals surface area contributed by atoms with Gasteiger partial charge in [-0.2, -0.15) is 0 Å². The Bertz CT molecular complexity index is 380. The van der Waals surface area contributed by atoms with E-state index in [2.05, 4.69) is 15.2 Å². The first-order valence-electron chi connectivity index (χ1n) is 5.48. The lowest BCUT2D eigenvalue weighted by atomic mass is 10.2. The molecule has 0 saturated carbocycles. The van der Waals surface area contributed by atoms with Crippen molar-refractivity contribution in [3.63, 3.8) is 0 Å². The molecule has 1 aromatic heterocycles. The molecule has 0 aromatic carbocycles. The van der Waals surface area contributed by atoms with E-state index in [-0.39, 0.29) is 6.03 Å². The quantitative estimate of drug-likeness (QED) is 0.809. The first kappa shape index (κ1) is 10.0. The molecule has 3 rings (SSSR count). The highest BCUT2D eigenvalue weighted by Crippen LogP contribution is 2.16. The third-order valence-electron chi connectivity index (χ3n) is 3.16. The number of carbonyl (C=O) groups excluding carboxylic acids is 1. The zero-order chi connectivity index (χ0) is 11.0. The van der Waals surface area contributed by atoms with Gasteiger partial charge in [-0.15, -0.1) is 11.3 Å². The number of amides is 2. The molecule has 1 aromatic rings. The molecule has 2 fully saturated rings. The zero-order valence-electron chi connectivity index (χ0n) is 8.93. The number of urea groups is 1. The second-order valence-corrected chi connectivity index (χ2v) is 5.17. The average Bonchev–Trinajstić information content (AvgIpc) is 2.90. The first-order valence-corrected chi connectivity index (χ1v) is 6.36. The maximum Gasteiger partial charge on any atom is 0.317 e. The number of fused-ring (bicyclic) bond motifs is 1. The van der Waals surface area contributed by atoms with Crippen LogP contribution in [0.4, 0.5) is 4.79 Å². The number of hydrogen-bond donors (Lipinski definition) is 1. The van der Waals surface area contributed by atoms with Crippen molar-refractivity contribution < 1.29 is 4.79 Å². The summed E-state index contributed by atoms with van der Waals surface area (Å²) in [5.74, 6) is 0. The van der Waals surface area contributed by atoms with Gasteiger partial charge in [0.15, 0.2) is 0 Å². The lowest BCUT2D eigenvalue weighted by Crippen LogP contribution is -2.51. The van der Waals surface area contributed by atoms with E-state index in [1.807, 2.05) is 16.5 Å². The number of hydrogen-bond acceptors (Lipinski definition) is 4. The summed E-state index contributed by atoms with van der Waals surface area (Å²) in [5, 5.41) is 6.05. The molecule has 1 N–H and O–H groups in total. The van der Waals surface area contributed by atoms with E-state index < -0.39 is 0 Å². The van der Waals surface area contributed by atoms with Crippen LogP contribution >= 0.6 is 11.3 Å². The van der Waals surface area contributed by atoms with Gasteiger partial charge in [0.05, 0.1) is 12.6 Å². The van der Waals surface area contributed by atoms with Gasteiger partial charge in [0, 0.05) is 37.8 Å². The summed E-state index contributed by atoms with van der Waals surface area (Å²) in [5.41, 5.74) is 0. The summed E-state index contributed by atoms with van der Waals surface area (Å²) in [6, 6.07) is 0.445. The molecule has 6 heteroatoms. The van der Waals surface area contributed by atoms with Crippen LogP contribution in [0, 0.1) is 0 Å². The van der Waals surface area contributed by atoms with Gasteiger partial charge in [-0.1, -0.05) is 0 Å².